The molecule has 1 unspecified atom stereocenters. The van der Waals surface area contributed by atoms with E-state index in [0.717, 1.165) is 5.25 Å². The maximum absolute atomic E-state index is 2.28. The molecule has 62 valence electrons. The lowest BCUT2D eigenvalue weighted by Crippen LogP contribution is -2.06. The SMILES string of the molecule is CCC(C)SSC(C)(C)C. The second-order valence-electron chi connectivity index (χ2n) is 3.51. The first kappa shape index (κ1) is 10.7. The maximum atomic E-state index is 2.28. The second-order valence-corrected chi connectivity index (χ2v) is 6.98. The predicted molar refractivity (Wildman–Crippen MR) is 54.7 cm³/mol. The topological polar surface area (TPSA) is 0 Å². The van der Waals surface area contributed by atoms with Gasteiger partial charge in [-0.1, -0.05) is 56.2 Å². The minimum absolute atomic E-state index is 0.411. The van der Waals surface area contributed by atoms with Gasteiger partial charge >= 0.3 is 0 Å². The molecule has 0 aromatic rings. The Hall–Kier alpha value is 0.700. The van der Waals surface area contributed by atoms with Gasteiger partial charge in [0.2, 0.25) is 0 Å². The van der Waals surface area contributed by atoms with Crippen LogP contribution >= 0.6 is 21.6 Å². The summed E-state index contributed by atoms with van der Waals surface area (Å²) in [5, 5.41) is 0.796. The Kier molecular flexibility index (Phi) is 4.87. The van der Waals surface area contributed by atoms with Crippen molar-refractivity contribution >= 4 is 21.6 Å². The van der Waals surface area contributed by atoms with Gasteiger partial charge in [-0.05, 0) is 6.42 Å². The molecule has 0 bridgehead atoms. The number of hydrogen-bond acceptors (Lipinski definition) is 2. The predicted octanol–water partition coefficient (Wildman–Crippen LogP) is 3.96. The van der Waals surface area contributed by atoms with Crippen LogP contribution in [-0.2, 0) is 0 Å². The first-order valence-corrected chi connectivity index (χ1v) is 6.01. The molecular formula is C8H18S2. The van der Waals surface area contributed by atoms with Crippen LogP contribution in [0.4, 0.5) is 0 Å². The fourth-order valence-corrected chi connectivity index (χ4v) is 2.65. The molecule has 0 aliphatic heterocycles. The van der Waals surface area contributed by atoms with Crippen LogP contribution in [0, 0.1) is 0 Å². The summed E-state index contributed by atoms with van der Waals surface area (Å²) in [6, 6.07) is 0. The van der Waals surface area contributed by atoms with Crippen molar-refractivity contribution in [2.45, 2.75) is 51.0 Å². The van der Waals surface area contributed by atoms with Crippen LogP contribution in [0.1, 0.15) is 41.0 Å². The molecule has 0 aromatic carbocycles. The van der Waals surface area contributed by atoms with Gasteiger partial charge in [0, 0.05) is 10.00 Å². The van der Waals surface area contributed by atoms with Gasteiger partial charge in [-0.2, -0.15) is 0 Å². The smallest absolute Gasteiger partial charge is 0.0179 e. The van der Waals surface area contributed by atoms with Gasteiger partial charge in [0.1, 0.15) is 0 Å². The molecule has 0 rings (SSSR count). The molecule has 0 aliphatic carbocycles. The fraction of sp³-hybridized carbons (Fsp3) is 1.00. The van der Waals surface area contributed by atoms with E-state index < -0.39 is 0 Å². The highest BCUT2D eigenvalue weighted by molar-refractivity contribution is 8.77. The van der Waals surface area contributed by atoms with Gasteiger partial charge in [-0.15, -0.1) is 0 Å². The lowest BCUT2D eigenvalue weighted by Gasteiger charge is -2.18. The Morgan fingerprint density at radius 1 is 1.30 bits per heavy atom. The summed E-state index contributed by atoms with van der Waals surface area (Å²) in [5.74, 6) is 0. The third-order valence-electron chi connectivity index (χ3n) is 1.04. The Balaban J connectivity index is 3.36. The molecule has 0 spiro atoms. The van der Waals surface area contributed by atoms with Crippen LogP contribution in [0.25, 0.3) is 0 Å². The summed E-state index contributed by atoms with van der Waals surface area (Å²) in [5.41, 5.74) is 0. The highest BCUT2D eigenvalue weighted by atomic mass is 33.1. The van der Waals surface area contributed by atoms with E-state index in [-0.39, 0.29) is 0 Å². The largest absolute Gasteiger partial charge is 0.0905 e. The van der Waals surface area contributed by atoms with Crippen molar-refractivity contribution in [3.8, 4) is 0 Å². The molecular weight excluding hydrogens is 160 g/mol. The van der Waals surface area contributed by atoms with Gasteiger partial charge < -0.3 is 0 Å². The van der Waals surface area contributed by atoms with Gasteiger partial charge in [-0.3, -0.25) is 0 Å². The molecule has 0 heterocycles. The Morgan fingerprint density at radius 2 is 1.80 bits per heavy atom. The molecule has 0 aliphatic rings. The van der Waals surface area contributed by atoms with E-state index >= 15 is 0 Å². The van der Waals surface area contributed by atoms with Gasteiger partial charge in [-0.25, -0.2) is 0 Å². The van der Waals surface area contributed by atoms with Crippen molar-refractivity contribution in [3.05, 3.63) is 0 Å². The monoisotopic (exact) mass is 178 g/mol. The lowest BCUT2D eigenvalue weighted by atomic mass is 10.3. The Morgan fingerprint density at radius 3 is 2.10 bits per heavy atom. The van der Waals surface area contributed by atoms with Crippen molar-refractivity contribution in [1.29, 1.82) is 0 Å². The average molecular weight is 178 g/mol. The Bertz CT molecular complexity index is 83.7. The fourth-order valence-electron chi connectivity index (χ4n) is 0.295. The summed E-state index contributed by atoms with van der Waals surface area (Å²) in [6.07, 6.45) is 1.27. The van der Waals surface area contributed by atoms with Crippen LogP contribution < -0.4 is 0 Å². The van der Waals surface area contributed by atoms with Crippen LogP contribution in [0.2, 0.25) is 0 Å². The number of rotatable bonds is 3. The summed E-state index contributed by atoms with van der Waals surface area (Å²) >= 11 is 0. The molecule has 2 heteroatoms. The molecule has 0 N–H and O–H groups in total. The normalized spacial score (nSPS) is 15.3. The highest BCUT2D eigenvalue weighted by Crippen LogP contribution is 2.38. The minimum atomic E-state index is 0.411. The van der Waals surface area contributed by atoms with Crippen molar-refractivity contribution in [2.75, 3.05) is 0 Å². The molecule has 0 saturated carbocycles. The van der Waals surface area contributed by atoms with E-state index in [1.165, 1.54) is 6.42 Å². The molecule has 1 atom stereocenters. The molecule has 0 aromatic heterocycles. The average Bonchev–Trinajstić information content (AvgIpc) is 1.81. The summed E-state index contributed by atoms with van der Waals surface area (Å²) < 4.78 is 0.411. The number of hydrogen-bond donors (Lipinski definition) is 0. The quantitative estimate of drug-likeness (QED) is 0.600. The molecule has 0 nitrogen and oxygen atoms in total. The van der Waals surface area contributed by atoms with E-state index in [1.54, 1.807) is 0 Å². The van der Waals surface area contributed by atoms with E-state index in [1.807, 2.05) is 21.6 Å². The third kappa shape index (κ3) is 6.81. The minimum Gasteiger partial charge on any atom is -0.0905 e. The van der Waals surface area contributed by atoms with E-state index in [4.69, 9.17) is 0 Å². The summed E-state index contributed by atoms with van der Waals surface area (Å²) in [6.45, 7) is 11.3. The molecule has 0 radical (unpaired) electrons. The van der Waals surface area contributed by atoms with Crippen molar-refractivity contribution < 1.29 is 0 Å². The van der Waals surface area contributed by atoms with Gasteiger partial charge in [0.25, 0.3) is 0 Å². The van der Waals surface area contributed by atoms with Gasteiger partial charge in [0.05, 0.1) is 0 Å². The zero-order chi connectivity index (χ0) is 8.20. The van der Waals surface area contributed by atoms with Crippen molar-refractivity contribution in [2.24, 2.45) is 0 Å². The highest BCUT2D eigenvalue weighted by Gasteiger charge is 2.12. The van der Waals surface area contributed by atoms with E-state index in [2.05, 4.69) is 34.6 Å². The molecule has 0 fully saturated rings. The molecule has 0 saturated heterocycles. The van der Waals surface area contributed by atoms with Crippen molar-refractivity contribution in [3.63, 3.8) is 0 Å². The third-order valence-corrected chi connectivity index (χ3v) is 5.07. The second kappa shape index (κ2) is 4.55. The van der Waals surface area contributed by atoms with E-state index in [9.17, 15) is 0 Å². The van der Waals surface area contributed by atoms with Crippen LogP contribution in [0.5, 0.6) is 0 Å². The molecule has 0 amide bonds. The first-order valence-electron chi connectivity index (χ1n) is 3.80. The molecule has 10 heavy (non-hydrogen) atoms. The zero-order valence-corrected chi connectivity index (χ0v) is 9.23. The lowest BCUT2D eigenvalue weighted by molar-refractivity contribution is 0.810. The summed E-state index contributed by atoms with van der Waals surface area (Å²) in [7, 11) is 3.98. The zero-order valence-electron chi connectivity index (χ0n) is 7.60. The first-order chi connectivity index (χ1) is 4.45. The summed E-state index contributed by atoms with van der Waals surface area (Å²) in [4.78, 5) is 0. The van der Waals surface area contributed by atoms with Crippen LogP contribution in [0.15, 0.2) is 0 Å². The maximum Gasteiger partial charge on any atom is 0.0179 e. The van der Waals surface area contributed by atoms with Gasteiger partial charge in [0.15, 0.2) is 0 Å². The standard InChI is InChI=1S/C8H18S2/c1-6-7(2)9-10-8(3,4)5/h7H,6H2,1-5H3. The van der Waals surface area contributed by atoms with Crippen LogP contribution in [0.3, 0.4) is 0 Å². The van der Waals surface area contributed by atoms with Crippen LogP contribution in [-0.4, -0.2) is 10.00 Å². The van der Waals surface area contributed by atoms with Crippen molar-refractivity contribution in [1.82, 2.24) is 0 Å². The van der Waals surface area contributed by atoms with E-state index in [0.29, 0.717) is 4.75 Å². The Labute approximate surface area is 72.9 Å².